The molecule has 188 valence electrons. The summed E-state index contributed by atoms with van der Waals surface area (Å²) < 4.78 is 5.31. The molecule has 0 unspecified atom stereocenters. The fourth-order valence-electron chi connectivity index (χ4n) is 4.10. The highest BCUT2D eigenvalue weighted by molar-refractivity contribution is 6.21. The van der Waals surface area contributed by atoms with Gasteiger partial charge in [0.25, 0.3) is 11.8 Å². The monoisotopic (exact) mass is 473 g/mol. The van der Waals surface area contributed by atoms with Gasteiger partial charge in [-0.15, -0.1) is 0 Å². The Bertz CT molecular complexity index is 834. The van der Waals surface area contributed by atoms with Crippen molar-refractivity contribution in [1.82, 2.24) is 5.06 Å². The highest BCUT2D eigenvalue weighted by Crippen LogP contribution is 2.25. The van der Waals surface area contributed by atoms with E-state index in [9.17, 15) is 19.2 Å². The van der Waals surface area contributed by atoms with Crippen LogP contribution in [0.1, 0.15) is 135 Å². The molecule has 1 aromatic carbocycles. The summed E-state index contributed by atoms with van der Waals surface area (Å²) in [5.41, 5.74) is 0.307. The zero-order valence-electron chi connectivity index (χ0n) is 20.7. The van der Waals surface area contributed by atoms with Gasteiger partial charge in [-0.25, -0.2) is 9.59 Å². The van der Waals surface area contributed by atoms with E-state index >= 15 is 0 Å². The lowest BCUT2D eigenvalue weighted by atomic mass is 10.0. The number of imide groups is 1. The Morgan fingerprint density at radius 2 is 1.24 bits per heavy atom. The minimum Gasteiger partial charge on any atom is -0.462 e. The van der Waals surface area contributed by atoms with Gasteiger partial charge in [0.1, 0.15) is 0 Å². The van der Waals surface area contributed by atoms with Gasteiger partial charge in [-0.3, -0.25) is 9.59 Å². The number of benzene rings is 1. The van der Waals surface area contributed by atoms with Crippen molar-refractivity contribution in [2.75, 3.05) is 6.61 Å². The Kier molecular flexibility index (Phi) is 12.4. The predicted molar refractivity (Wildman–Crippen MR) is 129 cm³/mol. The number of unbranched alkanes of at least 4 members (excludes halogenated alkanes) is 13. The minimum absolute atomic E-state index is 0.0252. The maximum atomic E-state index is 12.3. The third-order valence-electron chi connectivity index (χ3n) is 6.04. The summed E-state index contributed by atoms with van der Waals surface area (Å²) >= 11 is 0. The third-order valence-corrected chi connectivity index (χ3v) is 6.04. The molecule has 7 nitrogen and oxygen atoms in total. The second kappa shape index (κ2) is 15.3. The Morgan fingerprint density at radius 1 is 0.735 bits per heavy atom. The number of carbonyl (C=O) groups excluding carboxylic acids is 4. The van der Waals surface area contributed by atoms with Gasteiger partial charge >= 0.3 is 11.9 Å². The van der Waals surface area contributed by atoms with Gasteiger partial charge < -0.3 is 9.57 Å². The molecule has 7 heteroatoms. The molecule has 1 aliphatic heterocycles. The van der Waals surface area contributed by atoms with E-state index in [4.69, 9.17) is 4.74 Å². The number of nitrogens with zero attached hydrogens (tertiary/aromatic N) is 1. The first-order valence-corrected chi connectivity index (χ1v) is 12.8. The lowest BCUT2D eigenvalue weighted by molar-refractivity contribution is -0.165. The van der Waals surface area contributed by atoms with E-state index in [2.05, 4.69) is 11.8 Å². The summed E-state index contributed by atoms with van der Waals surface area (Å²) in [5, 5.41) is 0.413. The molecule has 0 aromatic heterocycles. The average Bonchev–Trinajstić information content (AvgIpc) is 3.05. The quantitative estimate of drug-likeness (QED) is 0.148. The summed E-state index contributed by atoms with van der Waals surface area (Å²) in [4.78, 5) is 52.5. The van der Waals surface area contributed by atoms with Crippen molar-refractivity contribution in [2.24, 2.45) is 0 Å². The van der Waals surface area contributed by atoms with Crippen LogP contribution in [0.25, 0.3) is 0 Å². The minimum atomic E-state index is -0.776. The number of ether oxygens (including phenoxy) is 1. The van der Waals surface area contributed by atoms with Crippen molar-refractivity contribution < 1.29 is 28.8 Å². The standard InChI is InChI=1S/C27H39NO6/c1-3-4-5-6-7-8-9-10-11-12-13-14-15-16-19-33-27(32)22-17-18-23-24(20-22)26(31)28(25(23)30)34-21(2)29/h17-18,20H,3-16,19H2,1-2H3. The van der Waals surface area contributed by atoms with Gasteiger partial charge in [0.05, 0.1) is 23.3 Å². The fraction of sp³-hybridized carbons (Fsp3) is 0.630. The van der Waals surface area contributed by atoms with E-state index in [1.807, 2.05) is 0 Å². The largest absolute Gasteiger partial charge is 0.462 e. The number of esters is 1. The van der Waals surface area contributed by atoms with Crippen LogP contribution < -0.4 is 0 Å². The van der Waals surface area contributed by atoms with Gasteiger partial charge in [-0.2, -0.15) is 0 Å². The maximum absolute atomic E-state index is 12.3. The zero-order valence-corrected chi connectivity index (χ0v) is 20.7. The van der Waals surface area contributed by atoms with Crippen molar-refractivity contribution in [3.05, 3.63) is 34.9 Å². The molecule has 1 aromatic rings. The first-order valence-electron chi connectivity index (χ1n) is 12.8. The molecule has 0 fully saturated rings. The molecule has 2 rings (SSSR count). The fourth-order valence-corrected chi connectivity index (χ4v) is 4.10. The summed E-state index contributed by atoms with van der Waals surface area (Å²) in [6.07, 6.45) is 17.6. The first kappa shape index (κ1) is 27.5. The molecule has 0 atom stereocenters. The number of hydrogen-bond donors (Lipinski definition) is 0. The van der Waals surface area contributed by atoms with Crippen molar-refractivity contribution in [1.29, 1.82) is 0 Å². The molecule has 1 aliphatic rings. The lowest BCUT2D eigenvalue weighted by Crippen LogP contribution is -2.31. The Labute approximate surface area is 203 Å². The summed E-state index contributed by atoms with van der Waals surface area (Å²) in [6.45, 7) is 3.67. The second-order valence-corrected chi connectivity index (χ2v) is 8.98. The van der Waals surface area contributed by atoms with Crippen LogP contribution in [0.15, 0.2) is 18.2 Å². The van der Waals surface area contributed by atoms with E-state index in [0.29, 0.717) is 11.7 Å². The van der Waals surface area contributed by atoms with Crippen LogP contribution in [0, 0.1) is 0 Å². The molecule has 0 saturated carbocycles. The normalized spacial score (nSPS) is 12.7. The molecule has 0 aliphatic carbocycles. The molecular weight excluding hydrogens is 434 g/mol. The highest BCUT2D eigenvalue weighted by atomic mass is 16.7. The Balaban J connectivity index is 1.55. The molecule has 1 heterocycles. The van der Waals surface area contributed by atoms with Gasteiger partial charge in [0.2, 0.25) is 0 Å². The van der Waals surface area contributed by atoms with E-state index in [1.54, 1.807) is 0 Å². The lowest BCUT2D eigenvalue weighted by Gasteiger charge is -2.10. The number of fused-ring (bicyclic) bond motifs is 1. The van der Waals surface area contributed by atoms with Crippen LogP contribution in [0.5, 0.6) is 0 Å². The van der Waals surface area contributed by atoms with Crippen LogP contribution >= 0.6 is 0 Å². The number of hydrogen-bond acceptors (Lipinski definition) is 6. The first-order chi connectivity index (χ1) is 16.5. The van der Waals surface area contributed by atoms with E-state index in [-0.39, 0.29) is 16.7 Å². The Hall–Kier alpha value is -2.70. The van der Waals surface area contributed by atoms with Crippen LogP contribution in [0.3, 0.4) is 0 Å². The van der Waals surface area contributed by atoms with Crippen LogP contribution in [-0.2, 0) is 14.4 Å². The van der Waals surface area contributed by atoms with Gasteiger partial charge in [-0.05, 0) is 24.6 Å². The Morgan fingerprint density at radius 3 is 1.76 bits per heavy atom. The van der Waals surface area contributed by atoms with Crippen molar-refractivity contribution >= 4 is 23.8 Å². The van der Waals surface area contributed by atoms with E-state index in [0.717, 1.165) is 26.2 Å². The van der Waals surface area contributed by atoms with Gasteiger partial charge in [-0.1, -0.05) is 95.5 Å². The van der Waals surface area contributed by atoms with Crippen LogP contribution in [-0.4, -0.2) is 35.4 Å². The van der Waals surface area contributed by atoms with E-state index in [1.165, 1.54) is 88.8 Å². The molecule has 0 N–H and O–H groups in total. The maximum Gasteiger partial charge on any atom is 0.338 e. The molecule has 0 saturated heterocycles. The number of amides is 2. The SMILES string of the molecule is CCCCCCCCCCCCCCCCOC(=O)c1ccc2c(c1)C(=O)N(OC(C)=O)C2=O. The molecule has 0 bridgehead atoms. The highest BCUT2D eigenvalue weighted by Gasteiger charge is 2.39. The van der Waals surface area contributed by atoms with Crippen molar-refractivity contribution in [3.8, 4) is 0 Å². The van der Waals surface area contributed by atoms with Crippen LogP contribution in [0.4, 0.5) is 0 Å². The number of hydroxylamine groups is 2. The third kappa shape index (κ3) is 8.92. The summed E-state index contributed by atoms with van der Waals surface area (Å²) in [6, 6.07) is 4.13. The van der Waals surface area contributed by atoms with E-state index < -0.39 is 23.8 Å². The zero-order chi connectivity index (χ0) is 24.8. The smallest absolute Gasteiger partial charge is 0.338 e. The molecule has 0 spiro atoms. The molecular formula is C27H39NO6. The average molecular weight is 474 g/mol. The predicted octanol–water partition coefficient (Wildman–Crippen LogP) is 6.40. The molecule has 34 heavy (non-hydrogen) atoms. The molecule has 2 amide bonds. The number of carbonyl (C=O) groups is 4. The second-order valence-electron chi connectivity index (χ2n) is 8.98. The topological polar surface area (TPSA) is 90.0 Å². The number of rotatable bonds is 17. The van der Waals surface area contributed by atoms with Gasteiger partial charge in [0.15, 0.2) is 0 Å². The summed E-state index contributed by atoms with van der Waals surface area (Å²) in [5.74, 6) is -2.81. The van der Waals surface area contributed by atoms with Crippen molar-refractivity contribution in [3.63, 3.8) is 0 Å². The van der Waals surface area contributed by atoms with Crippen LogP contribution in [0.2, 0.25) is 0 Å². The van der Waals surface area contributed by atoms with Crippen molar-refractivity contribution in [2.45, 2.75) is 104 Å². The summed E-state index contributed by atoms with van der Waals surface area (Å²) in [7, 11) is 0. The van der Waals surface area contributed by atoms with Gasteiger partial charge in [0, 0.05) is 6.92 Å². The molecule has 0 radical (unpaired) electrons.